The summed E-state index contributed by atoms with van der Waals surface area (Å²) in [5, 5.41) is 1.96. The molecule has 0 saturated heterocycles. The summed E-state index contributed by atoms with van der Waals surface area (Å²) in [5.74, 6) is -0.0298. The van der Waals surface area contributed by atoms with Crippen LogP contribution in [0, 0.1) is 0 Å². The molecule has 3 nitrogen and oxygen atoms in total. The van der Waals surface area contributed by atoms with Gasteiger partial charge in [-0.3, -0.25) is 9.69 Å². The Balaban J connectivity index is 1.85. The molecule has 24 heavy (non-hydrogen) atoms. The number of hydrogen-bond donors (Lipinski definition) is 0. The van der Waals surface area contributed by atoms with Gasteiger partial charge in [-0.2, -0.15) is 13.2 Å². The summed E-state index contributed by atoms with van der Waals surface area (Å²) in [6.45, 7) is 1.18. The van der Waals surface area contributed by atoms with Crippen molar-refractivity contribution in [3.8, 4) is 0 Å². The van der Waals surface area contributed by atoms with Crippen molar-refractivity contribution in [1.82, 2.24) is 9.80 Å². The van der Waals surface area contributed by atoms with Crippen LogP contribution in [0.2, 0.25) is 0 Å². The molecule has 0 fully saturated rings. The van der Waals surface area contributed by atoms with E-state index in [0.29, 0.717) is 13.1 Å². The Hall–Kier alpha value is -1.86. The number of carbonyl (C=O) groups excluding carboxylic acids is 1. The molecule has 1 heterocycles. The van der Waals surface area contributed by atoms with E-state index in [0.717, 1.165) is 22.6 Å². The number of hydrogen-bond acceptors (Lipinski definition) is 3. The van der Waals surface area contributed by atoms with Crippen LogP contribution in [-0.4, -0.2) is 36.3 Å². The number of nitrogens with zero attached hydrogens (tertiary/aromatic N) is 2. The van der Waals surface area contributed by atoms with Crippen LogP contribution in [0.15, 0.2) is 41.8 Å². The maximum absolute atomic E-state index is 12.5. The minimum absolute atomic E-state index is 0.0298. The fourth-order valence-electron chi connectivity index (χ4n) is 2.24. The van der Waals surface area contributed by atoms with Crippen LogP contribution in [0.5, 0.6) is 0 Å². The monoisotopic (exact) mass is 356 g/mol. The van der Waals surface area contributed by atoms with Gasteiger partial charge in [0.15, 0.2) is 0 Å². The van der Waals surface area contributed by atoms with E-state index in [-0.39, 0.29) is 12.5 Å². The van der Waals surface area contributed by atoms with Crippen LogP contribution >= 0.6 is 11.3 Å². The SMILES string of the molecule is CN(CC(=O)N(C)Cc1cccs1)Cc1ccc(C(F)(F)F)cc1. The molecule has 0 radical (unpaired) electrons. The van der Waals surface area contributed by atoms with E-state index in [1.807, 2.05) is 17.5 Å². The minimum Gasteiger partial charge on any atom is -0.340 e. The van der Waals surface area contributed by atoms with Crippen molar-refractivity contribution in [1.29, 1.82) is 0 Å². The maximum atomic E-state index is 12.5. The molecule has 0 unspecified atom stereocenters. The standard InChI is InChI=1S/C17H19F3N2OS/c1-21(10-13-5-7-14(8-6-13)17(18,19)20)12-16(23)22(2)11-15-4-3-9-24-15/h3-9H,10-12H2,1-2H3. The molecule has 0 aliphatic carbocycles. The average Bonchev–Trinajstić information content (AvgIpc) is 2.99. The molecule has 1 aromatic carbocycles. The first-order valence-electron chi connectivity index (χ1n) is 7.36. The summed E-state index contributed by atoms with van der Waals surface area (Å²) < 4.78 is 37.6. The number of likely N-dealkylation sites (N-methyl/N-ethyl adjacent to an activating group) is 2. The van der Waals surface area contributed by atoms with Gasteiger partial charge in [0.25, 0.3) is 0 Å². The van der Waals surface area contributed by atoms with Crippen LogP contribution in [0.25, 0.3) is 0 Å². The number of thiophene rings is 1. The van der Waals surface area contributed by atoms with Gasteiger partial charge in [-0.15, -0.1) is 11.3 Å². The average molecular weight is 356 g/mol. The van der Waals surface area contributed by atoms with Crippen molar-refractivity contribution < 1.29 is 18.0 Å². The lowest BCUT2D eigenvalue weighted by Crippen LogP contribution is -2.35. The summed E-state index contributed by atoms with van der Waals surface area (Å²) >= 11 is 1.59. The van der Waals surface area contributed by atoms with Crippen molar-refractivity contribution in [2.24, 2.45) is 0 Å². The Kier molecular flexibility index (Phi) is 6.01. The van der Waals surface area contributed by atoms with Crippen LogP contribution in [0.3, 0.4) is 0 Å². The molecule has 1 aromatic heterocycles. The highest BCUT2D eigenvalue weighted by molar-refractivity contribution is 7.09. The van der Waals surface area contributed by atoms with E-state index in [4.69, 9.17) is 0 Å². The predicted octanol–water partition coefficient (Wildman–Crippen LogP) is 3.86. The van der Waals surface area contributed by atoms with Gasteiger partial charge in [-0.25, -0.2) is 0 Å². The Morgan fingerprint density at radius 3 is 2.29 bits per heavy atom. The van der Waals surface area contributed by atoms with E-state index < -0.39 is 11.7 Å². The Labute approximate surface area is 143 Å². The van der Waals surface area contributed by atoms with E-state index in [2.05, 4.69) is 0 Å². The smallest absolute Gasteiger partial charge is 0.340 e. The molecule has 2 rings (SSSR count). The number of alkyl halides is 3. The number of benzene rings is 1. The van der Waals surface area contributed by atoms with Gasteiger partial charge in [0.2, 0.25) is 5.91 Å². The van der Waals surface area contributed by atoms with Gasteiger partial charge < -0.3 is 4.90 Å². The number of carbonyl (C=O) groups is 1. The molecular weight excluding hydrogens is 337 g/mol. The van der Waals surface area contributed by atoms with Crippen molar-refractivity contribution in [3.05, 3.63) is 57.8 Å². The van der Waals surface area contributed by atoms with Crippen molar-refractivity contribution >= 4 is 17.2 Å². The lowest BCUT2D eigenvalue weighted by molar-refractivity contribution is -0.137. The summed E-state index contributed by atoms with van der Waals surface area (Å²) in [6, 6.07) is 8.93. The summed E-state index contributed by atoms with van der Waals surface area (Å²) in [4.78, 5) is 16.7. The maximum Gasteiger partial charge on any atom is 0.416 e. The summed E-state index contributed by atoms with van der Waals surface area (Å²) in [5.41, 5.74) is 0.0693. The molecule has 0 atom stereocenters. The van der Waals surface area contributed by atoms with Crippen molar-refractivity contribution in [2.45, 2.75) is 19.3 Å². The third-order valence-corrected chi connectivity index (χ3v) is 4.40. The molecular formula is C17H19F3N2OS. The molecule has 0 bridgehead atoms. The molecule has 0 saturated carbocycles. The molecule has 0 spiro atoms. The van der Waals surface area contributed by atoms with Gasteiger partial charge in [-0.1, -0.05) is 18.2 Å². The summed E-state index contributed by atoms with van der Waals surface area (Å²) in [7, 11) is 3.52. The zero-order valence-electron chi connectivity index (χ0n) is 13.5. The van der Waals surface area contributed by atoms with E-state index in [9.17, 15) is 18.0 Å². The van der Waals surface area contributed by atoms with Gasteiger partial charge in [0, 0.05) is 18.5 Å². The van der Waals surface area contributed by atoms with Gasteiger partial charge in [0.1, 0.15) is 0 Å². The minimum atomic E-state index is -4.33. The topological polar surface area (TPSA) is 23.6 Å². The Bertz CT molecular complexity index is 653. The van der Waals surface area contributed by atoms with Crippen LogP contribution in [0.1, 0.15) is 16.0 Å². The first kappa shape index (κ1) is 18.5. The number of rotatable bonds is 6. The predicted molar refractivity (Wildman–Crippen MR) is 88.6 cm³/mol. The van der Waals surface area contributed by atoms with E-state index in [1.54, 1.807) is 35.2 Å². The van der Waals surface area contributed by atoms with Crippen molar-refractivity contribution in [3.63, 3.8) is 0 Å². The fourth-order valence-corrected chi connectivity index (χ4v) is 3.00. The van der Waals surface area contributed by atoms with Gasteiger partial charge >= 0.3 is 6.18 Å². The van der Waals surface area contributed by atoms with Crippen LogP contribution in [0.4, 0.5) is 13.2 Å². The molecule has 130 valence electrons. The lowest BCUT2D eigenvalue weighted by Gasteiger charge is -2.21. The lowest BCUT2D eigenvalue weighted by atomic mass is 10.1. The highest BCUT2D eigenvalue weighted by Gasteiger charge is 2.29. The largest absolute Gasteiger partial charge is 0.416 e. The zero-order chi connectivity index (χ0) is 17.7. The molecule has 7 heteroatoms. The van der Waals surface area contributed by atoms with Crippen LogP contribution < -0.4 is 0 Å². The number of amides is 1. The summed E-state index contributed by atoms with van der Waals surface area (Å²) in [6.07, 6.45) is -4.33. The third-order valence-electron chi connectivity index (χ3n) is 3.54. The Morgan fingerprint density at radius 1 is 1.08 bits per heavy atom. The third kappa shape index (κ3) is 5.35. The quantitative estimate of drug-likeness (QED) is 0.785. The normalized spacial score (nSPS) is 11.8. The van der Waals surface area contributed by atoms with E-state index in [1.165, 1.54) is 12.1 Å². The zero-order valence-corrected chi connectivity index (χ0v) is 14.3. The second-order valence-electron chi connectivity index (χ2n) is 5.70. The fraction of sp³-hybridized carbons (Fsp3) is 0.353. The van der Waals surface area contributed by atoms with Crippen molar-refractivity contribution in [2.75, 3.05) is 20.6 Å². The second kappa shape index (κ2) is 7.81. The Morgan fingerprint density at radius 2 is 1.75 bits per heavy atom. The molecule has 2 aromatic rings. The first-order chi connectivity index (χ1) is 11.3. The first-order valence-corrected chi connectivity index (χ1v) is 8.24. The molecule has 0 aliphatic rings. The second-order valence-corrected chi connectivity index (χ2v) is 6.73. The number of halogens is 3. The van der Waals surface area contributed by atoms with E-state index >= 15 is 0 Å². The highest BCUT2D eigenvalue weighted by Crippen LogP contribution is 2.29. The highest BCUT2D eigenvalue weighted by atomic mass is 32.1. The van der Waals surface area contributed by atoms with Crippen LogP contribution in [-0.2, 0) is 24.1 Å². The molecule has 0 aliphatic heterocycles. The molecule has 1 amide bonds. The van der Waals surface area contributed by atoms with Gasteiger partial charge in [0.05, 0.1) is 18.7 Å². The van der Waals surface area contributed by atoms with Gasteiger partial charge in [-0.05, 0) is 36.2 Å². The molecule has 0 N–H and O–H groups in total.